The minimum atomic E-state index is -3.06. The van der Waals surface area contributed by atoms with Crippen molar-refractivity contribution >= 4 is 45.7 Å². The largest absolute Gasteiger partial charge is 0.357 e. The van der Waals surface area contributed by atoms with Crippen molar-refractivity contribution in [3.63, 3.8) is 0 Å². The Morgan fingerprint density at radius 3 is 2.45 bits per heavy atom. The SMILES string of the molecule is CCNC(=NCCNC(C)=O)N1CCS(=O)(=O)C(C)(C)C1.I. The molecule has 0 spiro atoms. The second-order valence-electron chi connectivity index (χ2n) is 5.72. The molecule has 0 aromatic carbocycles. The number of guanidine groups is 1. The number of hydrogen-bond acceptors (Lipinski definition) is 4. The molecule has 130 valence electrons. The monoisotopic (exact) mass is 446 g/mol. The zero-order valence-corrected chi connectivity index (χ0v) is 16.8. The smallest absolute Gasteiger partial charge is 0.216 e. The minimum Gasteiger partial charge on any atom is -0.357 e. The van der Waals surface area contributed by atoms with Gasteiger partial charge in [-0.15, -0.1) is 24.0 Å². The van der Waals surface area contributed by atoms with E-state index < -0.39 is 14.6 Å². The maximum atomic E-state index is 12.0. The summed E-state index contributed by atoms with van der Waals surface area (Å²) in [7, 11) is -3.06. The van der Waals surface area contributed by atoms with E-state index in [1.807, 2.05) is 11.8 Å². The maximum Gasteiger partial charge on any atom is 0.216 e. The predicted molar refractivity (Wildman–Crippen MR) is 99.5 cm³/mol. The highest BCUT2D eigenvalue weighted by atomic mass is 127. The molecule has 0 aromatic heterocycles. The first-order valence-corrected chi connectivity index (χ1v) is 8.85. The lowest BCUT2D eigenvalue weighted by atomic mass is 10.2. The van der Waals surface area contributed by atoms with Gasteiger partial charge in [-0.05, 0) is 20.8 Å². The van der Waals surface area contributed by atoms with Crippen LogP contribution in [-0.2, 0) is 14.6 Å². The molecule has 1 amide bonds. The molecular weight excluding hydrogens is 419 g/mol. The molecule has 0 aromatic rings. The van der Waals surface area contributed by atoms with Gasteiger partial charge in [0.05, 0.1) is 17.0 Å². The van der Waals surface area contributed by atoms with E-state index in [1.54, 1.807) is 13.8 Å². The van der Waals surface area contributed by atoms with Crippen LogP contribution in [0, 0.1) is 0 Å². The minimum absolute atomic E-state index is 0. The first-order valence-electron chi connectivity index (χ1n) is 7.19. The fourth-order valence-electron chi connectivity index (χ4n) is 2.14. The third kappa shape index (κ3) is 5.90. The summed E-state index contributed by atoms with van der Waals surface area (Å²) >= 11 is 0. The second kappa shape index (κ2) is 8.90. The molecule has 0 radical (unpaired) electrons. The molecule has 1 saturated heterocycles. The molecule has 1 rings (SSSR count). The molecule has 0 saturated carbocycles. The van der Waals surface area contributed by atoms with Crippen molar-refractivity contribution in [1.29, 1.82) is 0 Å². The highest BCUT2D eigenvalue weighted by Crippen LogP contribution is 2.23. The van der Waals surface area contributed by atoms with Gasteiger partial charge in [-0.25, -0.2) is 8.42 Å². The van der Waals surface area contributed by atoms with Crippen LogP contribution in [0.15, 0.2) is 4.99 Å². The number of halogens is 1. The van der Waals surface area contributed by atoms with E-state index in [1.165, 1.54) is 6.92 Å². The van der Waals surface area contributed by atoms with Gasteiger partial charge < -0.3 is 15.5 Å². The summed E-state index contributed by atoms with van der Waals surface area (Å²) in [6, 6.07) is 0. The number of amides is 1. The molecule has 1 fully saturated rings. The fourth-order valence-corrected chi connectivity index (χ4v) is 3.51. The van der Waals surface area contributed by atoms with Crippen molar-refractivity contribution in [1.82, 2.24) is 15.5 Å². The van der Waals surface area contributed by atoms with Gasteiger partial charge >= 0.3 is 0 Å². The Balaban J connectivity index is 0.00000441. The summed E-state index contributed by atoms with van der Waals surface area (Å²) in [5.74, 6) is 0.752. The summed E-state index contributed by atoms with van der Waals surface area (Å²) in [6.45, 7) is 9.43. The Kier molecular flexibility index (Phi) is 8.66. The Hall–Kier alpha value is -0.580. The first-order chi connectivity index (χ1) is 9.69. The van der Waals surface area contributed by atoms with E-state index in [9.17, 15) is 13.2 Å². The molecular formula is C13H27IN4O3S. The average Bonchev–Trinajstić information content (AvgIpc) is 2.36. The van der Waals surface area contributed by atoms with E-state index in [0.717, 1.165) is 0 Å². The van der Waals surface area contributed by atoms with Crippen LogP contribution in [0.4, 0.5) is 0 Å². The fraction of sp³-hybridized carbons (Fsp3) is 0.846. The van der Waals surface area contributed by atoms with E-state index in [4.69, 9.17) is 0 Å². The zero-order valence-electron chi connectivity index (χ0n) is 13.7. The molecule has 1 aliphatic heterocycles. The third-order valence-electron chi connectivity index (χ3n) is 3.43. The van der Waals surface area contributed by atoms with Crippen LogP contribution < -0.4 is 10.6 Å². The van der Waals surface area contributed by atoms with Crippen LogP contribution in [0.2, 0.25) is 0 Å². The van der Waals surface area contributed by atoms with Gasteiger partial charge in [0.1, 0.15) is 0 Å². The van der Waals surface area contributed by atoms with Gasteiger partial charge in [-0.3, -0.25) is 9.79 Å². The van der Waals surface area contributed by atoms with Crippen molar-refractivity contribution in [3.8, 4) is 0 Å². The van der Waals surface area contributed by atoms with Gasteiger partial charge in [0, 0.05) is 33.1 Å². The molecule has 2 N–H and O–H groups in total. The Bertz CT molecular complexity index is 505. The highest BCUT2D eigenvalue weighted by Gasteiger charge is 2.40. The van der Waals surface area contributed by atoms with Crippen molar-refractivity contribution in [2.24, 2.45) is 4.99 Å². The molecule has 9 heteroatoms. The summed E-state index contributed by atoms with van der Waals surface area (Å²) in [5, 5.41) is 5.86. The standard InChI is InChI=1S/C13H26N4O3S.HI/c1-5-14-12(16-7-6-15-11(2)18)17-8-9-21(19,20)13(3,4)10-17;/h5-10H2,1-4H3,(H,14,16)(H,15,18);1H. The maximum absolute atomic E-state index is 12.0. The van der Waals surface area contributed by atoms with Gasteiger partial charge in [-0.2, -0.15) is 0 Å². The summed E-state index contributed by atoms with van der Waals surface area (Å²) in [5.41, 5.74) is 0. The summed E-state index contributed by atoms with van der Waals surface area (Å²) in [6.07, 6.45) is 0. The number of carbonyl (C=O) groups is 1. The molecule has 1 aliphatic rings. The number of sulfone groups is 1. The van der Waals surface area contributed by atoms with Crippen molar-refractivity contribution < 1.29 is 13.2 Å². The second-order valence-corrected chi connectivity index (χ2v) is 8.46. The Labute approximate surface area is 150 Å². The van der Waals surface area contributed by atoms with E-state index in [0.29, 0.717) is 38.7 Å². The number of rotatable bonds is 4. The molecule has 0 aliphatic carbocycles. The van der Waals surface area contributed by atoms with Gasteiger partial charge in [-0.1, -0.05) is 0 Å². The van der Waals surface area contributed by atoms with Crippen LogP contribution in [-0.4, -0.2) is 68.4 Å². The highest BCUT2D eigenvalue weighted by molar-refractivity contribution is 14.0. The third-order valence-corrected chi connectivity index (χ3v) is 5.96. The van der Waals surface area contributed by atoms with Crippen molar-refractivity contribution in [3.05, 3.63) is 0 Å². The molecule has 0 bridgehead atoms. The van der Waals surface area contributed by atoms with Gasteiger partial charge in [0.25, 0.3) is 0 Å². The first kappa shape index (κ1) is 21.4. The van der Waals surface area contributed by atoms with Crippen LogP contribution >= 0.6 is 24.0 Å². The lowest BCUT2D eigenvalue weighted by Crippen LogP contribution is -2.57. The van der Waals surface area contributed by atoms with Crippen LogP contribution in [0.5, 0.6) is 0 Å². The number of nitrogens with one attached hydrogen (secondary N) is 2. The summed E-state index contributed by atoms with van der Waals surface area (Å²) in [4.78, 5) is 17.2. The van der Waals surface area contributed by atoms with E-state index in [2.05, 4.69) is 15.6 Å². The number of carbonyl (C=O) groups excluding carboxylic acids is 1. The van der Waals surface area contributed by atoms with Crippen molar-refractivity contribution in [2.75, 3.05) is 38.5 Å². The topological polar surface area (TPSA) is 90.9 Å². The van der Waals surface area contributed by atoms with Gasteiger partial charge in [0.15, 0.2) is 15.8 Å². The van der Waals surface area contributed by atoms with E-state index in [-0.39, 0.29) is 35.6 Å². The summed E-state index contributed by atoms with van der Waals surface area (Å²) < 4.78 is 23.3. The van der Waals surface area contributed by atoms with Crippen molar-refractivity contribution in [2.45, 2.75) is 32.4 Å². The number of nitrogens with zero attached hydrogens (tertiary/aromatic N) is 2. The quantitative estimate of drug-likeness (QED) is 0.279. The number of aliphatic imine (C=N–C) groups is 1. The number of hydrogen-bond donors (Lipinski definition) is 2. The Morgan fingerprint density at radius 1 is 1.32 bits per heavy atom. The van der Waals surface area contributed by atoms with Crippen LogP contribution in [0.3, 0.4) is 0 Å². The lowest BCUT2D eigenvalue weighted by Gasteiger charge is -2.39. The zero-order chi connectivity index (χ0) is 16.1. The Morgan fingerprint density at radius 2 is 1.95 bits per heavy atom. The molecule has 22 heavy (non-hydrogen) atoms. The van der Waals surface area contributed by atoms with Gasteiger partial charge in [0.2, 0.25) is 5.91 Å². The van der Waals surface area contributed by atoms with Crippen LogP contribution in [0.1, 0.15) is 27.7 Å². The molecule has 0 unspecified atom stereocenters. The molecule has 1 heterocycles. The molecule has 0 atom stereocenters. The molecule has 7 nitrogen and oxygen atoms in total. The lowest BCUT2D eigenvalue weighted by molar-refractivity contribution is -0.118. The average molecular weight is 446 g/mol. The van der Waals surface area contributed by atoms with E-state index >= 15 is 0 Å². The van der Waals surface area contributed by atoms with Crippen LogP contribution in [0.25, 0.3) is 0 Å². The normalized spacial score (nSPS) is 20.0. The predicted octanol–water partition coefficient (Wildman–Crippen LogP) is 0.215.